The Kier molecular flexibility index (Phi) is 6.60. The number of benzene rings is 2. The summed E-state index contributed by atoms with van der Waals surface area (Å²) in [6.45, 7) is 5.59. The van der Waals surface area contributed by atoms with Gasteiger partial charge in [-0.3, -0.25) is 4.79 Å². The van der Waals surface area contributed by atoms with E-state index in [1.165, 1.54) is 0 Å². The largest absolute Gasteiger partial charge is 0.497 e. The van der Waals surface area contributed by atoms with Crippen LogP contribution in [0.4, 0.5) is 5.69 Å². The van der Waals surface area contributed by atoms with Gasteiger partial charge < -0.3 is 14.8 Å². The average molecular weight is 355 g/mol. The monoisotopic (exact) mass is 355 g/mol. The number of ether oxygens (including phenoxy) is 2. The highest BCUT2D eigenvalue weighted by Gasteiger charge is 2.14. The molecular formula is C20H25N3O3. The number of aryl methyl sites for hydroxylation is 1. The molecule has 6 nitrogen and oxygen atoms in total. The van der Waals surface area contributed by atoms with Crippen molar-refractivity contribution in [2.45, 2.75) is 26.8 Å². The second-order valence-corrected chi connectivity index (χ2v) is 5.92. The van der Waals surface area contributed by atoms with E-state index in [4.69, 9.17) is 9.47 Å². The third-order valence-corrected chi connectivity index (χ3v) is 4.04. The van der Waals surface area contributed by atoms with Crippen LogP contribution in [0.25, 0.3) is 0 Å². The lowest BCUT2D eigenvalue weighted by Crippen LogP contribution is -2.35. The number of hydrogen-bond donors (Lipinski definition) is 2. The summed E-state index contributed by atoms with van der Waals surface area (Å²) < 4.78 is 10.6. The Hall–Kier alpha value is -3.02. The van der Waals surface area contributed by atoms with Crippen LogP contribution >= 0.6 is 0 Å². The normalized spacial score (nSPS) is 12.3. The molecule has 1 amide bonds. The van der Waals surface area contributed by atoms with E-state index in [0.717, 1.165) is 16.8 Å². The second-order valence-electron chi connectivity index (χ2n) is 5.92. The predicted octanol–water partition coefficient (Wildman–Crippen LogP) is 3.35. The topological polar surface area (TPSA) is 72.0 Å². The lowest BCUT2D eigenvalue weighted by molar-refractivity contribution is -0.121. The van der Waals surface area contributed by atoms with Gasteiger partial charge in [0.2, 0.25) is 0 Å². The number of hydrogen-bond acceptors (Lipinski definition) is 5. The Morgan fingerprint density at radius 1 is 1.12 bits per heavy atom. The first kappa shape index (κ1) is 19.3. The number of carbonyl (C=O) groups excluding carboxylic acids is 1. The fraction of sp³-hybridized carbons (Fsp3) is 0.300. The van der Waals surface area contributed by atoms with Gasteiger partial charge >= 0.3 is 0 Å². The third-order valence-electron chi connectivity index (χ3n) is 4.04. The summed E-state index contributed by atoms with van der Waals surface area (Å²) in [6.07, 6.45) is 0. The molecule has 0 radical (unpaired) electrons. The Bertz CT molecular complexity index is 803. The first-order chi connectivity index (χ1) is 12.5. The molecule has 0 spiro atoms. The van der Waals surface area contributed by atoms with E-state index in [0.29, 0.717) is 17.2 Å². The lowest BCUT2D eigenvalue weighted by Gasteiger charge is -2.16. The van der Waals surface area contributed by atoms with E-state index in [1.807, 2.05) is 50.2 Å². The predicted molar refractivity (Wildman–Crippen MR) is 104 cm³/mol. The molecule has 2 N–H and O–H groups in total. The van der Waals surface area contributed by atoms with E-state index in [2.05, 4.69) is 15.8 Å². The summed E-state index contributed by atoms with van der Waals surface area (Å²) in [4.78, 5) is 12.3. The van der Waals surface area contributed by atoms with Gasteiger partial charge in [-0.25, -0.2) is 5.43 Å². The molecule has 0 aliphatic heterocycles. The standard InChI is InChI=1S/C20H25N3O3/c1-13-8-6-7-9-18(13)21-15(3)20(24)23-22-14(2)17-11-10-16(25-4)12-19(17)26-5/h6-12,15,21H,1-5H3,(H,23,24). The molecule has 1 atom stereocenters. The maximum atomic E-state index is 12.3. The van der Waals surface area contributed by atoms with Gasteiger partial charge in [-0.1, -0.05) is 18.2 Å². The van der Waals surface area contributed by atoms with Crippen LogP contribution in [0.1, 0.15) is 25.0 Å². The second kappa shape index (κ2) is 8.89. The van der Waals surface area contributed by atoms with Crippen LogP contribution in [0.2, 0.25) is 0 Å². The van der Waals surface area contributed by atoms with Crippen molar-refractivity contribution in [3.8, 4) is 11.5 Å². The average Bonchev–Trinajstić information content (AvgIpc) is 2.66. The molecule has 1 unspecified atom stereocenters. The number of anilines is 1. The molecule has 0 aliphatic carbocycles. The molecular weight excluding hydrogens is 330 g/mol. The van der Waals surface area contributed by atoms with Crippen LogP contribution in [0.15, 0.2) is 47.6 Å². The quantitative estimate of drug-likeness (QED) is 0.590. The van der Waals surface area contributed by atoms with Crippen molar-refractivity contribution >= 4 is 17.3 Å². The van der Waals surface area contributed by atoms with Crippen LogP contribution in [-0.2, 0) is 4.79 Å². The molecule has 0 fully saturated rings. The minimum Gasteiger partial charge on any atom is -0.497 e. The minimum atomic E-state index is -0.426. The highest BCUT2D eigenvalue weighted by atomic mass is 16.5. The van der Waals surface area contributed by atoms with Crippen molar-refractivity contribution in [3.05, 3.63) is 53.6 Å². The number of nitrogens with one attached hydrogen (secondary N) is 2. The molecule has 2 aromatic carbocycles. The van der Waals surface area contributed by atoms with Gasteiger partial charge in [0.25, 0.3) is 5.91 Å². The molecule has 26 heavy (non-hydrogen) atoms. The van der Waals surface area contributed by atoms with Gasteiger partial charge in [0, 0.05) is 17.3 Å². The lowest BCUT2D eigenvalue weighted by atomic mass is 10.1. The number of rotatable bonds is 7. The smallest absolute Gasteiger partial charge is 0.262 e. The van der Waals surface area contributed by atoms with Crippen LogP contribution in [0.3, 0.4) is 0 Å². The number of hydrazone groups is 1. The van der Waals surface area contributed by atoms with Gasteiger partial charge in [-0.15, -0.1) is 0 Å². The molecule has 2 aromatic rings. The van der Waals surface area contributed by atoms with Gasteiger partial charge in [0.05, 0.1) is 19.9 Å². The van der Waals surface area contributed by atoms with E-state index in [1.54, 1.807) is 27.2 Å². The zero-order valence-electron chi connectivity index (χ0n) is 15.8. The summed E-state index contributed by atoms with van der Waals surface area (Å²) in [5, 5.41) is 7.39. The Morgan fingerprint density at radius 3 is 2.50 bits per heavy atom. The van der Waals surface area contributed by atoms with Gasteiger partial charge in [0.15, 0.2) is 0 Å². The number of para-hydroxylation sites is 1. The van der Waals surface area contributed by atoms with Crippen LogP contribution in [0.5, 0.6) is 11.5 Å². The minimum absolute atomic E-state index is 0.222. The molecule has 0 saturated heterocycles. The molecule has 0 saturated carbocycles. The molecule has 0 aromatic heterocycles. The number of nitrogens with zero attached hydrogens (tertiary/aromatic N) is 1. The fourth-order valence-electron chi connectivity index (χ4n) is 2.43. The van der Waals surface area contributed by atoms with Crippen molar-refractivity contribution < 1.29 is 14.3 Å². The maximum Gasteiger partial charge on any atom is 0.262 e. The molecule has 138 valence electrons. The first-order valence-electron chi connectivity index (χ1n) is 8.35. The third kappa shape index (κ3) is 4.75. The summed E-state index contributed by atoms with van der Waals surface area (Å²) in [7, 11) is 3.18. The highest BCUT2D eigenvalue weighted by Crippen LogP contribution is 2.25. The van der Waals surface area contributed by atoms with Gasteiger partial charge in [-0.2, -0.15) is 5.10 Å². The van der Waals surface area contributed by atoms with Crippen molar-refractivity contribution in [1.82, 2.24) is 5.43 Å². The number of amides is 1. The van der Waals surface area contributed by atoms with Crippen LogP contribution < -0.4 is 20.2 Å². The SMILES string of the molecule is COc1ccc(C(C)=NNC(=O)C(C)Nc2ccccc2C)c(OC)c1. The molecule has 0 aliphatic rings. The summed E-state index contributed by atoms with van der Waals surface area (Å²) in [6, 6.07) is 12.8. The summed E-state index contributed by atoms with van der Waals surface area (Å²) in [5.41, 5.74) is 6.03. The molecule has 6 heteroatoms. The fourth-order valence-corrected chi connectivity index (χ4v) is 2.43. The van der Waals surface area contributed by atoms with Gasteiger partial charge in [0.1, 0.15) is 17.5 Å². The van der Waals surface area contributed by atoms with Crippen molar-refractivity contribution in [2.24, 2.45) is 5.10 Å². The van der Waals surface area contributed by atoms with Crippen molar-refractivity contribution in [2.75, 3.05) is 19.5 Å². The Labute approximate surface area is 154 Å². The number of methoxy groups -OCH3 is 2. The number of carbonyl (C=O) groups is 1. The summed E-state index contributed by atoms with van der Waals surface area (Å²) >= 11 is 0. The van der Waals surface area contributed by atoms with E-state index >= 15 is 0 Å². The first-order valence-corrected chi connectivity index (χ1v) is 8.35. The Morgan fingerprint density at radius 2 is 1.85 bits per heavy atom. The highest BCUT2D eigenvalue weighted by molar-refractivity contribution is 6.02. The van der Waals surface area contributed by atoms with E-state index in [9.17, 15) is 4.79 Å². The molecule has 0 heterocycles. The van der Waals surface area contributed by atoms with Gasteiger partial charge in [-0.05, 0) is 44.5 Å². The van der Waals surface area contributed by atoms with Crippen molar-refractivity contribution in [3.63, 3.8) is 0 Å². The van der Waals surface area contributed by atoms with E-state index < -0.39 is 6.04 Å². The molecule has 2 rings (SSSR count). The zero-order valence-corrected chi connectivity index (χ0v) is 15.8. The molecule has 0 bridgehead atoms. The zero-order chi connectivity index (χ0) is 19.1. The van der Waals surface area contributed by atoms with Crippen LogP contribution in [-0.4, -0.2) is 31.9 Å². The van der Waals surface area contributed by atoms with Crippen LogP contribution in [0, 0.1) is 6.92 Å². The summed E-state index contributed by atoms with van der Waals surface area (Å²) in [5.74, 6) is 1.10. The van der Waals surface area contributed by atoms with E-state index in [-0.39, 0.29) is 5.91 Å². The maximum absolute atomic E-state index is 12.3. The Balaban J connectivity index is 2.06. The van der Waals surface area contributed by atoms with Crippen molar-refractivity contribution in [1.29, 1.82) is 0 Å².